The number of hydrogen-bond donors (Lipinski definition) is 1. The van der Waals surface area contributed by atoms with E-state index in [9.17, 15) is 4.79 Å². The fraction of sp³-hybridized carbons (Fsp3) is 0.750. The van der Waals surface area contributed by atoms with Gasteiger partial charge in [0.1, 0.15) is 0 Å². The molecule has 1 aromatic heterocycles. The smallest absolute Gasteiger partial charge is 0.303 e. The van der Waals surface area contributed by atoms with E-state index in [4.69, 9.17) is 9.63 Å². The van der Waals surface area contributed by atoms with Gasteiger partial charge < -0.3 is 9.63 Å². The van der Waals surface area contributed by atoms with E-state index in [1.807, 2.05) is 6.92 Å². The number of hydrogen-bond acceptors (Lipinski definition) is 5. The van der Waals surface area contributed by atoms with Crippen LogP contribution in [0.3, 0.4) is 0 Å². The normalized spacial score (nSPS) is 20.4. The summed E-state index contributed by atoms with van der Waals surface area (Å²) in [4.78, 5) is 17.1. The number of nitrogens with zero attached hydrogens (tertiary/aromatic N) is 3. The van der Waals surface area contributed by atoms with Crippen LogP contribution in [0.1, 0.15) is 37.9 Å². The number of aryl methyl sites for hydroxylation is 1. The van der Waals surface area contributed by atoms with Crippen LogP contribution in [0.5, 0.6) is 0 Å². The van der Waals surface area contributed by atoms with Crippen LogP contribution in [0.15, 0.2) is 4.52 Å². The summed E-state index contributed by atoms with van der Waals surface area (Å²) in [6.45, 7) is 4.60. The van der Waals surface area contributed by atoms with E-state index in [-0.39, 0.29) is 6.42 Å². The first-order chi connectivity index (χ1) is 8.67. The summed E-state index contributed by atoms with van der Waals surface area (Å²) in [6.07, 6.45) is 2.85. The Kier molecular flexibility index (Phi) is 4.30. The SMILES string of the molecule is CCc1nc(CN2CCC(CCC(=O)O)C2)no1. The van der Waals surface area contributed by atoms with Crippen LogP contribution in [-0.4, -0.2) is 39.2 Å². The third kappa shape index (κ3) is 3.53. The first-order valence-corrected chi connectivity index (χ1v) is 6.43. The number of likely N-dealkylation sites (tertiary alicyclic amines) is 1. The second-order valence-electron chi connectivity index (χ2n) is 4.78. The van der Waals surface area contributed by atoms with Crippen LogP contribution in [0.4, 0.5) is 0 Å². The van der Waals surface area contributed by atoms with Crippen molar-refractivity contribution in [1.29, 1.82) is 0 Å². The van der Waals surface area contributed by atoms with Crippen molar-refractivity contribution in [3.8, 4) is 0 Å². The summed E-state index contributed by atoms with van der Waals surface area (Å²) in [5.74, 6) is 1.18. The molecule has 100 valence electrons. The second kappa shape index (κ2) is 5.95. The Morgan fingerprint density at radius 3 is 3.11 bits per heavy atom. The zero-order valence-corrected chi connectivity index (χ0v) is 10.6. The van der Waals surface area contributed by atoms with Crippen molar-refractivity contribution < 1.29 is 14.4 Å². The molecule has 2 rings (SSSR count). The Bertz CT molecular complexity index is 405. The van der Waals surface area contributed by atoms with Crippen molar-refractivity contribution in [3.63, 3.8) is 0 Å². The molecule has 0 aliphatic carbocycles. The molecule has 6 heteroatoms. The Morgan fingerprint density at radius 1 is 1.61 bits per heavy atom. The number of carboxylic acids is 1. The standard InChI is InChI=1S/C12H19N3O3/c1-2-11-13-10(14-18-11)8-15-6-5-9(7-15)3-4-12(16)17/h9H,2-8H2,1H3,(H,16,17). The molecule has 2 heterocycles. The van der Waals surface area contributed by atoms with Gasteiger partial charge in [-0.3, -0.25) is 9.69 Å². The van der Waals surface area contributed by atoms with Gasteiger partial charge in [-0.25, -0.2) is 0 Å². The zero-order chi connectivity index (χ0) is 13.0. The molecular formula is C12H19N3O3. The molecule has 6 nitrogen and oxygen atoms in total. The maximum atomic E-state index is 10.5. The van der Waals surface area contributed by atoms with Crippen LogP contribution in [0.25, 0.3) is 0 Å². The first-order valence-electron chi connectivity index (χ1n) is 6.43. The van der Waals surface area contributed by atoms with Gasteiger partial charge in [0.15, 0.2) is 5.82 Å². The fourth-order valence-corrected chi connectivity index (χ4v) is 2.32. The van der Waals surface area contributed by atoms with Gasteiger partial charge in [0.05, 0.1) is 6.54 Å². The van der Waals surface area contributed by atoms with E-state index in [0.717, 1.165) is 38.2 Å². The topological polar surface area (TPSA) is 79.5 Å². The Morgan fingerprint density at radius 2 is 2.44 bits per heavy atom. The summed E-state index contributed by atoms with van der Waals surface area (Å²) < 4.78 is 5.06. The number of carboxylic acid groups (broad SMARTS) is 1. The molecule has 1 N–H and O–H groups in total. The monoisotopic (exact) mass is 253 g/mol. The van der Waals surface area contributed by atoms with Gasteiger partial charge in [-0.1, -0.05) is 12.1 Å². The zero-order valence-electron chi connectivity index (χ0n) is 10.6. The molecule has 1 aliphatic heterocycles. The van der Waals surface area contributed by atoms with Crippen LogP contribution < -0.4 is 0 Å². The molecule has 1 aromatic rings. The van der Waals surface area contributed by atoms with Crippen molar-refractivity contribution in [2.24, 2.45) is 5.92 Å². The largest absolute Gasteiger partial charge is 0.481 e. The summed E-state index contributed by atoms with van der Waals surface area (Å²) >= 11 is 0. The highest BCUT2D eigenvalue weighted by molar-refractivity contribution is 5.66. The Labute approximate surface area is 106 Å². The molecule has 1 saturated heterocycles. The number of aliphatic carboxylic acids is 1. The third-order valence-corrected chi connectivity index (χ3v) is 3.31. The second-order valence-corrected chi connectivity index (χ2v) is 4.78. The molecule has 0 aromatic carbocycles. The minimum Gasteiger partial charge on any atom is -0.481 e. The first kappa shape index (κ1) is 13.0. The van der Waals surface area contributed by atoms with Crippen LogP contribution in [0, 0.1) is 5.92 Å². The van der Waals surface area contributed by atoms with E-state index < -0.39 is 5.97 Å². The highest BCUT2D eigenvalue weighted by atomic mass is 16.5. The number of carbonyl (C=O) groups is 1. The van der Waals surface area contributed by atoms with Gasteiger partial charge in [-0.15, -0.1) is 0 Å². The average Bonchev–Trinajstić information content (AvgIpc) is 2.96. The third-order valence-electron chi connectivity index (χ3n) is 3.31. The lowest BCUT2D eigenvalue weighted by molar-refractivity contribution is -0.137. The maximum absolute atomic E-state index is 10.5. The van der Waals surface area contributed by atoms with E-state index in [1.165, 1.54) is 0 Å². The summed E-state index contributed by atoms with van der Waals surface area (Å²) in [6, 6.07) is 0. The predicted octanol–water partition coefficient (Wildman–Crippen LogP) is 1.32. The van der Waals surface area contributed by atoms with E-state index >= 15 is 0 Å². The molecule has 1 aliphatic rings. The highest BCUT2D eigenvalue weighted by Crippen LogP contribution is 2.22. The average molecular weight is 253 g/mol. The Balaban J connectivity index is 1.76. The molecule has 0 amide bonds. The van der Waals surface area contributed by atoms with Crippen LogP contribution in [0.2, 0.25) is 0 Å². The van der Waals surface area contributed by atoms with Gasteiger partial charge in [-0.2, -0.15) is 4.98 Å². The van der Waals surface area contributed by atoms with E-state index in [0.29, 0.717) is 18.4 Å². The van der Waals surface area contributed by atoms with Gasteiger partial charge in [0, 0.05) is 19.4 Å². The quantitative estimate of drug-likeness (QED) is 0.823. The van der Waals surface area contributed by atoms with Crippen molar-refractivity contribution in [1.82, 2.24) is 15.0 Å². The number of aromatic nitrogens is 2. The van der Waals surface area contributed by atoms with Gasteiger partial charge in [0.2, 0.25) is 5.89 Å². The number of rotatable bonds is 6. The Hall–Kier alpha value is -1.43. The summed E-state index contributed by atoms with van der Waals surface area (Å²) in [5, 5.41) is 12.6. The fourth-order valence-electron chi connectivity index (χ4n) is 2.32. The molecule has 1 atom stereocenters. The lowest BCUT2D eigenvalue weighted by atomic mass is 10.0. The lowest BCUT2D eigenvalue weighted by Crippen LogP contribution is -2.21. The highest BCUT2D eigenvalue weighted by Gasteiger charge is 2.24. The minimum atomic E-state index is -0.709. The minimum absolute atomic E-state index is 0.265. The summed E-state index contributed by atoms with van der Waals surface area (Å²) in [7, 11) is 0. The van der Waals surface area contributed by atoms with Crippen LogP contribution in [-0.2, 0) is 17.8 Å². The molecule has 0 saturated carbocycles. The van der Waals surface area contributed by atoms with Crippen molar-refractivity contribution in [2.45, 2.75) is 39.2 Å². The van der Waals surface area contributed by atoms with Gasteiger partial charge in [-0.05, 0) is 25.3 Å². The molecule has 1 unspecified atom stereocenters. The molecule has 18 heavy (non-hydrogen) atoms. The van der Waals surface area contributed by atoms with E-state index in [2.05, 4.69) is 15.0 Å². The molecule has 0 spiro atoms. The molecule has 0 bridgehead atoms. The van der Waals surface area contributed by atoms with Gasteiger partial charge >= 0.3 is 5.97 Å². The van der Waals surface area contributed by atoms with Crippen molar-refractivity contribution >= 4 is 5.97 Å². The summed E-state index contributed by atoms with van der Waals surface area (Å²) in [5.41, 5.74) is 0. The van der Waals surface area contributed by atoms with Gasteiger partial charge in [0.25, 0.3) is 0 Å². The molecular weight excluding hydrogens is 234 g/mol. The lowest BCUT2D eigenvalue weighted by Gasteiger charge is -2.12. The van der Waals surface area contributed by atoms with Crippen molar-refractivity contribution in [3.05, 3.63) is 11.7 Å². The predicted molar refractivity (Wildman–Crippen MR) is 63.9 cm³/mol. The molecule has 1 fully saturated rings. The molecule has 0 radical (unpaired) electrons. The maximum Gasteiger partial charge on any atom is 0.303 e. The van der Waals surface area contributed by atoms with Crippen molar-refractivity contribution in [2.75, 3.05) is 13.1 Å². The van der Waals surface area contributed by atoms with E-state index in [1.54, 1.807) is 0 Å². The van der Waals surface area contributed by atoms with Crippen LogP contribution >= 0.6 is 0 Å².